The molecule has 1 rings (SSSR count). The second-order valence-electron chi connectivity index (χ2n) is 5.45. The van der Waals surface area contributed by atoms with Crippen molar-refractivity contribution >= 4 is 5.91 Å². The van der Waals surface area contributed by atoms with Crippen molar-refractivity contribution in [3.63, 3.8) is 0 Å². The van der Waals surface area contributed by atoms with E-state index in [1.807, 2.05) is 0 Å². The van der Waals surface area contributed by atoms with Crippen LogP contribution in [-0.2, 0) is 4.79 Å². The first-order chi connectivity index (χ1) is 5.89. The zero-order chi connectivity index (χ0) is 10.1. The van der Waals surface area contributed by atoms with E-state index in [2.05, 4.69) is 20.8 Å². The van der Waals surface area contributed by atoms with Gasteiger partial charge in [-0.3, -0.25) is 4.79 Å². The van der Waals surface area contributed by atoms with Gasteiger partial charge in [-0.05, 0) is 36.5 Å². The largest absolute Gasteiger partial charge is 0.370 e. The van der Waals surface area contributed by atoms with Crippen LogP contribution in [0.3, 0.4) is 0 Å². The van der Waals surface area contributed by atoms with E-state index in [-0.39, 0.29) is 5.91 Å². The average Bonchev–Trinajstić information content (AvgIpc) is 1.78. The van der Waals surface area contributed by atoms with Crippen LogP contribution in [0.5, 0.6) is 0 Å². The summed E-state index contributed by atoms with van der Waals surface area (Å²) in [5.74, 6) is 1.12. The Hall–Kier alpha value is -0.530. The lowest BCUT2D eigenvalue weighted by Gasteiger charge is -2.38. The highest BCUT2D eigenvalue weighted by atomic mass is 16.1. The molecular weight excluding hydrogens is 162 g/mol. The van der Waals surface area contributed by atoms with Gasteiger partial charge in [0.1, 0.15) is 0 Å². The van der Waals surface area contributed by atoms with Crippen molar-refractivity contribution in [1.82, 2.24) is 0 Å². The van der Waals surface area contributed by atoms with Crippen molar-refractivity contribution in [3.05, 3.63) is 0 Å². The van der Waals surface area contributed by atoms with Crippen molar-refractivity contribution < 1.29 is 4.79 Å². The van der Waals surface area contributed by atoms with Gasteiger partial charge in [-0.25, -0.2) is 0 Å². The van der Waals surface area contributed by atoms with Crippen LogP contribution in [0.2, 0.25) is 0 Å². The molecule has 0 spiro atoms. The van der Waals surface area contributed by atoms with E-state index in [9.17, 15) is 4.79 Å². The number of primary amides is 1. The standard InChI is InChI=1S/C11H21NO/c1-8-4-9(5-10(12)13)7-11(2,3)6-8/h8-9H,4-7H2,1-3H3,(H2,12,13). The number of hydrogen-bond acceptors (Lipinski definition) is 1. The van der Waals surface area contributed by atoms with E-state index >= 15 is 0 Å². The van der Waals surface area contributed by atoms with Crippen molar-refractivity contribution in [3.8, 4) is 0 Å². The lowest BCUT2D eigenvalue weighted by Crippen LogP contribution is -2.30. The molecule has 2 N–H and O–H groups in total. The molecule has 1 fully saturated rings. The second-order valence-corrected chi connectivity index (χ2v) is 5.45. The first kappa shape index (κ1) is 10.6. The minimum absolute atomic E-state index is 0.144. The Morgan fingerprint density at radius 2 is 2.08 bits per heavy atom. The quantitative estimate of drug-likeness (QED) is 0.701. The summed E-state index contributed by atoms with van der Waals surface area (Å²) in [6.45, 7) is 6.85. The minimum atomic E-state index is -0.144. The van der Waals surface area contributed by atoms with Gasteiger partial charge in [-0.15, -0.1) is 0 Å². The van der Waals surface area contributed by atoms with Gasteiger partial charge >= 0.3 is 0 Å². The Morgan fingerprint density at radius 3 is 2.54 bits per heavy atom. The Morgan fingerprint density at radius 1 is 1.46 bits per heavy atom. The fraction of sp³-hybridized carbons (Fsp3) is 0.909. The summed E-state index contributed by atoms with van der Waals surface area (Å²) in [5.41, 5.74) is 5.62. The van der Waals surface area contributed by atoms with Gasteiger partial charge < -0.3 is 5.73 Å². The number of nitrogens with two attached hydrogens (primary N) is 1. The smallest absolute Gasteiger partial charge is 0.217 e. The maximum atomic E-state index is 10.8. The molecule has 0 aromatic heterocycles. The third-order valence-corrected chi connectivity index (χ3v) is 2.97. The van der Waals surface area contributed by atoms with E-state index in [0.29, 0.717) is 17.8 Å². The minimum Gasteiger partial charge on any atom is -0.370 e. The van der Waals surface area contributed by atoms with Crippen LogP contribution in [0, 0.1) is 17.3 Å². The molecule has 1 amide bonds. The Kier molecular flexibility index (Phi) is 2.99. The van der Waals surface area contributed by atoms with Gasteiger partial charge in [-0.2, -0.15) is 0 Å². The molecular formula is C11H21NO. The van der Waals surface area contributed by atoms with E-state index in [4.69, 9.17) is 5.73 Å². The Balaban J connectivity index is 2.52. The number of carbonyl (C=O) groups excluding carboxylic acids is 1. The predicted molar refractivity (Wildman–Crippen MR) is 54.1 cm³/mol. The third-order valence-electron chi connectivity index (χ3n) is 2.97. The number of hydrogen-bond donors (Lipinski definition) is 1. The number of amides is 1. The van der Waals surface area contributed by atoms with Crippen molar-refractivity contribution in [2.75, 3.05) is 0 Å². The highest BCUT2D eigenvalue weighted by Crippen LogP contribution is 2.42. The summed E-state index contributed by atoms with van der Waals surface area (Å²) in [4.78, 5) is 10.8. The maximum Gasteiger partial charge on any atom is 0.217 e. The van der Waals surface area contributed by atoms with Crippen LogP contribution in [-0.4, -0.2) is 5.91 Å². The molecule has 2 heteroatoms. The molecule has 1 aliphatic rings. The molecule has 2 nitrogen and oxygen atoms in total. The highest BCUT2D eigenvalue weighted by Gasteiger charge is 2.32. The summed E-state index contributed by atoms with van der Waals surface area (Å²) < 4.78 is 0. The first-order valence-electron chi connectivity index (χ1n) is 5.17. The maximum absolute atomic E-state index is 10.8. The van der Waals surface area contributed by atoms with Crippen LogP contribution in [0.15, 0.2) is 0 Å². The van der Waals surface area contributed by atoms with Crippen LogP contribution < -0.4 is 5.73 Å². The van der Waals surface area contributed by atoms with E-state index in [1.165, 1.54) is 12.8 Å². The van der Waals surface area contributed by atoms with Crippen molar-refractivity contribution in [2.45, 2.75) is 46.5 Å². The van der Waals surface area contributed by atoms with E-state index in [1.54, 1.807) is 0 Å². The lowest BCUT2D eigenvalue weighted by molar-refractivity contribution is -0.119. The average molecular weight is 183 g/mol. The van der Waals surface area contributed by atoms with Crippen LogP contribution in [0.4, 0.5) is 0 Å². The molecule has 1 saturated carbocycles. The summed E-state index contributed by atoms with van der Waals surface area (Å²) in [5, 5.41) is 0. The Bertz CT molecular complexity index is 198. The molecule has 0 heterocycles. The molecule has 13 heavy (non-hydrogen) atoms. The summed E-state index contributed by atoms with van der Waals surface area (Å²) in [6.07, 6.45) is 4.18. The summed E-state index contributed by atoms with van der Waals surface area (Å²) in [7, 11) is 0. The van der Waals surface area contributed by atoms with Crippen molar-refractivity contribution in [2.24, 2.45) is 23.0 Å². The fourth-order valence-electron chi connectivity index (χ4n) is 2.98. The van der Waals surface area contributed by atoms with Gasteiger partial charge in [0.05, 0.1) is 0 Å². The van der Waals surface area contributed by atoms with Crippen LogP contribution >= 0.6 is 0 Å². The topological polar surface area (TPSA) is 43.1 Å². The van der Waals surface area contributed by atoms with Gasteiger partial charge in [0.25, 0.3) is 0 Å². The normalized spacial score (nSPS) is 32.8. The molecule has 0 saturated heterocycles. The molecule has 0 radical (unpaired) electrons. The molecule has 2 unspecified atom stereocenters. The fourth-order valence-corrected chi connectivity index (χ4v) is 2.98. The summed E-state index contributed by atoms with van der Waals surface area (Å²) in [6, 6.07) is 0. The molecule has 0 aliphatic heterocycles. The molecule has 76 valence electrons. The molecule has 0 aromatic carbocycles. The highest BCUT2D eigenvalue weighted by molar-refractivity contribution is 5.74. The van der Waals surface area contributed by atoms with E-state index in [0.717, 1.165) is 12.3 Å². The van der Waals surface area contributed by atoms with Crippen molar-refractivity contribution in [1.29, 1.82) is 0 Å². The molecule has 1 aliphatic carbocycles. The van der Waals surface area contributed by atoms with Crippen LogP contribution in [0.25, 0.3) is 0 Å². The summed E-state index contributed by atoms with van der Waals surface area (Å²) >= 11 is 0. The SMILES string of the molecule is CC1CC(CC(N)=O)CC(C)(C)C1. The zero-order valence-electron chi connectivity index (χ0n) is 8.97. The zero-order valence-corrected chi connectivity index (χ0v) is 8.97. The number of carbonyl (C=O) groups is 1. The van der Waals surface area contributed by atoms with Gasteiger partial charge in [0, 0.05) is 6.42 Å². The predicted octanol–water partition coefficient (Wildman–Crippen LogP) is 2.32. The number of rotatable bonds is 2. The Labute approximate surface area is 80.9 Å². The lowest BCUT2D eigenvalue weighted by atomic mass is 9.67. The first-order valence-corrected chi connectivity index (χ1v) is 5.17. The second kappa shape index (κ2) is 3.69. The third kappa shape index (κ3) is 3.37. The van der Waals surface area contributed by atoms with E-state index < -0.39 is 0 Å². The molecule has 0 aromatic rings. The molecule has 2 atom stereocenters. The van der Waals surface area contributed by atoms with Crippen LogP contribution in [0.1, 0.15) is 46.5 Å². The monoisotopic (exact) mass is 183 g/mol. The van der Waals surface area contributed by atoms with Gasteiger partial charge in [0.15, 0.2) is 0 Å². The van der Waals surface area contributed by atoms with Gasteiger partial charge in [-0.1, -0.05) is 20.8 Å². The molecule has 0 bridgehead atoms. The van der Waals surface area contributed by atoms with Gasteiger partial charge in [0.2, 0.25) is 5.91 Å².